The van der Waals surface area contributed by atoms with Gasteiger partial charge in [0.1, 0.15) is 11.6 Å². The molecule has 0 fully saturated rings. The molecule has 0 radical (unpaired) electrons. The van der Waals surface area contributed by atoms with Crippen molar-refractivity contribution in [3.05, 3.63) is 36.2 Å². The molecular formula is C13H16ClN3O3S. The van der Waals surface area contributed by atoms with Gasteiger partial charge in [0.25, 0.3) is 14.2 Å². The summed E-state index contributed by atoms with van der Waals surface area (Å²) in [6.07, 6.45) is 0.437. The van der Waals surface area contributed by atoms with Crippen molar-refractivity contribution >= 4 is 19.7 Å². The van der Waals surface area contributed by atoms with Gasteiger partial charge in [0.2, 0.25) is 0 Å². The zero-order chi connectivity index (χ0) is 15.5. The maximum absolute atomic E-state index is 11.5. The molecule has 2 aromatic rings. The Kier molecular flexibility index (Phi) is 4.84. The van der Waals surface area contributed by atoms with Crippen molar-refractivity contribution in [1.29, 1.82) is 0 Å². The molecule has 0 N–H and O–H groups in total. The van der Waals surface area contributed by atoms with Crippen LogP contribution in [0.5, 0.6) is 5.75 Å². The van der Waals surface area contributed by atoms with E-state index in [4.69, 9.17) is 15.4 Å². The Balaban J connectivity index is 2.12. The molecule has 0 amide bonds. The van der Waals surface area contributed by atoms with Crippen LogP contribution in [0, 0.1) is 0 Å². The molecule has 2 rings (SSSR count). The second-order valence-electron chi connectivity index (χ2n) is 4.71. The lowest BCUT2D eigenvalue weighted by atomic mass is 10.3. The van der Waals surface area contributed by atoms with Gasteiger partial charge in [-0.2, -0.15) is 0 Å². The topological polar surface area (TPSA) is 74.1 Å². The van der Waals surface area contributed by atoms with E-state index in [1.807, 2.05) is 44.2 Å². The molecule has 114 valence electrons. The molecule has 6 nitrogen and oxygen atoms in total. The second kappa shape index (κ2) is 6.44. The van der Waals surface area contributed by atoms with E-state index in [-0.39, 0.29) is 11.2 Å². The van der Waals surface area contributed by atoms with Crippen molar-refractivity contribution in [3.8, 4) is 5.75 Å². The lowest BCUT2D eigenvalue weighted by molar-refractivity contribution is 0.314. The summed E-state index contributed by atoms with van der Waals surface area (Å²) in [7, 11) is 1.45. The molecular weight excluding hydrogens is 314 g/mol. The molecule has 0 aliphatic rings. The van der Waals surface area contributed by atoms with Gasteiger partial charge in [-0.3, -0.25) is 4.57 Å². The van der Waals surface area contributed by atoms with Gasteiger partial charge in [-0.25, -0.2) is 8.42 Å². The maximum atomic E-state index is 11.5. The van der Waals surface area contributed by atoms with Gasteiger partial charge in [0.15, 0.2) is 0 Å². The van der Waals surface area contributed by atoms with Gasteiger partial charge in [0, 0.05) is 23.1 Å². The quantitative estimate of drug-likeness (QED) is 0.761. The Hall–Kier alpha value is -1.60. The van der Waals surface area contributed by atoms with E-state index >= 15 is 0 Å². The number of nitrogens with zero attached hydrogens (tertiary/aromatic N) is 3. The minimum Gasteiger partial charge on any atom is -0.493 e. The monoisotopic (exact) mass is 329 g/mol. The van der Waals surface area contributed by atoms with Crippen LogP contribution < -0.4 is 4.74 Å². The highest BCUT2D eigenvalue weighted by molar-refractivity contribution is 8.13. The van der Waals surface area contributed by atoms with Crippen LogP contribution >= 0.6 is 10.7 Å². The standard InChI is InChI=1S/C13H16ClN3O3S/c1-10(2)17-12(15-16-13(17)21(14,18)19)8-9-20-11-6-4-3-5-7-11/h3-7,10H,8-9H2,1-2H3. The molecule has 0 aliphatic heterocycles. The number of para-hydroxylation sites is 1. The zero-order valence-electron chi connectivity index (χ0n) is 11.7. The fourth-order valence-electron chi connectivity index (χ4n) is 1.94. The zero-order valence-corrected chi connectivity index (χ0v) is 13.3. The summed E-state index contributed by atoms with van der Waals surface area (Å²) in [6, 6.07) is 9.24. The molecule has 1 aromatic carbocycles. The summed E-state index contributed by atoms with van der Waals surface area (Å²) in [6.45, 7) is 4.06. The molecule has 21 heavy (non-hydrogen) atoms. The van der Waals surface area contributed by atoms with Crippen molar-refractivity contribution in [2.45, 2.75) is 31.5 Å². The highest BCUT2D eigenvalue weighted by Gasteiger charge is 2.24. The molecule has 8 heteroatoms. The number of halogens is 1. The van der Waals surface area contributed by atoms with E-state index in [1.54, 1.807) is 0 Å². The van der Waals surface area contributed by atoms with Crippen molar-refractivity contribution in [1.82, 2.24) is 14.8 Å². The van der Waals surface area contributed by atoms with Gasteiger partial charge in [-0.05, 0) is 26.0 Å². The van der Waals surface area contributed by atoms with Crippen LogP contribution in [-0.4, -0.2) is 29.8 Å². The van der Waals surface area contributed by atoms with Gasteiger partial charge in [-0.15, -0.1) is 10.2 Å². The van der Waals surface area contributed by atoms with Crippen molar-refractivity contribution in [3.63, 3.8) is 0 Å². The Morgan fingerprint density at radius 1 is 1.24 bits per heavy atom. The van der Waals surface area contributed by atoms with E-state index in [0.717, 1.165) is 5.75 Å². The Labute approximate surface area is 128 Å². The predicted octanol–water partition coefficient (Wildman–Crippen LogP) is 2.41. The minimum absolute atomic E-state index is 0.116. The number of benzene rings is 1. The summed E-state index contributed by atoms with van der Waals surface area (Å²) in [5.74, 6) is 1.28. The largest absolute Gasteiger partial charge is 0.493 e. The summed E-state index contributed by atoms with van der Waals surface area (Å²) < 4.78 is 30.0. The lowest BCUT2D eigenvalue weighted by Gasteiger charge is -2.12. The van der Waals surface area contributed by atoms with Crippen molar-refractivity contribution in [2.24, 2.45) is 0 Å². The summed E-state index contributed by atoms with van der Waals surface area (Å²) in [5.41, 5.74) is 0. The summed E-state index contributed by atoms with van der Waals surface area (Å²) in [5, 5.41) is 7.35. The molecule has 0 aliphatic carbocycles. The molecule has 0 unspecified atom stereocenters. The third-order valence-electron chi connectivity index (χ3n) is 2.81. The number of ether oxygens (including phenoxy) is 1. The van der Waals surface area contributed by atoms with Crippen molar-refractivity contribution in [2.75, 3.05) is 6.61 Å². The first-order valence-corrected chi connectivity index (χ1v) is 8.77. The fourth-order valence-corrected chi connectivity index (χ4v) is 2.94. The molecule has 1 heterocycles. The summed E-state index contributed by atoms with van der Waals surface area (Å²) >= 11 is 0. The highest BCUT2D eigenvalue weighted by atomic mass is 35.7. The van der Waals surface area contributed by atoms with Gasteiger partial charge < -0.3 is 4.74 Å². The van der Waals surface area contributed by atoms with E-state index in [0.29, 0.717) is 18.9 Å². The maximum Gasteiger partial charge on any atom is 0.296 e. The number of aromatic nitrogens is 3. The smallest absolute Gasteiger partial charge is 0.296 e. The number of rotatable bonds is 6. The first kappa shape index (κ1) is 15.8. The average molecular weight is 330 g/mol. The van der Waals surface area contributed by atoms with E-state index < -0.39 is 9.05 Å². The third kappa shape index (κ3) is 3.95. The van der Waals surface area contributed by atoms with Gasteiger partial charge in [-0.1, -0.05) is 18.2 Å². The van der Waals surface area contributed by atoms with E-state index in [9.17, 15) is 8.42 Å². The van der Waals surface area contributed by atoms with Crippen LogP contribution in [0.2, 0.25) is 0 Å². The Morgan fingerprint density at radius 3 is 2.48 bits per heavy atom. The van der Waals surface area contributed by atoms with Crippen LogP contribution in [0.4, 0.5) is 0 Å². The molecule has 0 spiro atoms. The van der Waals surface area contributed by atoms with Gasteiger partial charge >= 0.3 is 0 Å². The first-order valence-electron chi connectivity index (χ1n) is 6.46. The SMILES string of the molecule is CC(C)n1c(CCOc2ccccc2)nnc1S(=O)(=O)Cl. The van der Waals surface area contributed by atoms with Crippen LogP contribution in [0.1, 0.15) is 25.7 Å². The normalized spacial score (nSPS) is 11.8. The average Bonchev–Trinajstić information content (AvgIpc) is 2.84. The third-order valence-corrected chi connectivity index (χ3v) is 3.94. The van der Waals surface area contributed by atoms with Crippen LogP contribution in [0.3, 0.4) is 0 Å². The van der Waals surface area contributed by atoms with Crippen LogP contribution in [-0.2, 0) is 15.5 Å². The molecule has 0 atom stereocenters. The fraction of sp³-hybridized carbons (Fsp3) is 0.385. The first-order chi connectivity index (χ1) is 9.89. The predicted molar refractivity (Wildman–Crippen MR) is 79.1 cm³/mol. The van der Waals surface area contributed by atoms with Crippen molar-refractivity contribution < 1.29 is 13.2 Å². The molecule has 0 saturated carbocycles. The minimum atomic E-state index is -3.91. The van der Waals surface area contributed by atoms with Gasteiger partial charge in [0.05, 0.1) is 6.61 Å². The summed E-state index contributed by atoms with van der Waals surface area (Å²) in [4.78, 5) is 0. The van der Waals surface area contributed by atoms with E-state index in [2.05, 4.69) is 10.2 Å². The highest BCUT2D eigenvalue weighted by Crippen LogP contribution is 2.19. The van der Waals surface area contributed by atoms with Crippen LogP contribution in [0.15, 0.2) is 35.5 Å². The number of hydrogen-bond donors (Lipinski definition) is 0. The Morgan fingerprint density at radius 2 is 1.90 bits per heavy atom. The molecule has 1 aromatic heterocycles. The second-order valence-corrected chi connectivity index (χ2v) is 7.17. The molecule has 0 bridgehead atoms. The molecule has 0 saturated heterocycles. The number of hydrogen-bond acceptors (Lipinski definition) is 5. The van der Waals surface area contributed by atoms with E-state index in [1.165, 1.54) is 4.57 Å². The van der Waals surface area contributed by atoms with Crippen LogP contribution in [0.25, 0.3) is 0 Å². The Bertz CT molecular complexity index is 699. The lowest BCUT2D eigenvalue weighted by Crippen LogP contribution is -2.14.